The number of methoxy groups -OCH3 is 2. The summed E-state index contributed by atoms with van der Waals surface area (Å²) in [5.41, 5.74) is 1.19. The van der Waals surface area contributed by atoms with Gasteiger partial charge in [0.05, 0.1) is 31.8 Å². The van der Waals surface area contributed by atoms with Gasteiger partial charge < -0.3 is 9.47 Å². The van der Waals surface area contributed by atoms with Gasteiger partial charge in [0.15, 0.2) is 0 Å². The molecule has 18 heavy (non-hydrogen) atoms. The largest absolute Gasteiger partial charge is 0.496 e. The van der Waals surface area contributed by atoms with Crippen molar-refractivity contribution in [1.29, 1.82) is 5.26 Å². The highest BCUT2D eigenvalue weighted by molar-refractivity contribution is 5.79. The summed E-state index contributed by atoms with van der Waals surface area (Å²) in [6, 6.07) is 7.11. The number of nitrogens with zero attached hydrogens (tertiary/aromatic N) is 1. The van der Waals surface area contributed by atoms with Gasteiger partial charge in [-0.2, -0.15) is 5.26 Å². The zero-order chi connectivity index (χ0) is 13.7. The number of carbonyl (C=O) groups excluding carboxylic acids is 1. The van der Waals surface area contributed by atoms with Crippen LogP contribution in [0.15, 0.2) is 18.2 Å². The minimum atomic E-state index is -0.432. The monoisotopic (exact) mass is 247 g/mol. The SMILES string of the molecule is COC(=O)C(c1cc(C#N)ccc1OC)C(C)C. The van der Waals surface area contributed by atoms with Gasteiger partial charge in [0.25, 0.3) is 0 Å². The maximum atomic E-state index is 11.9. The molecule has 4 heteroatoms. The molecule has 1 aromatic rings. The Hall–Kier alpha value is -2.02. The van der Waals surface area contributed by atoms with Crippen molar-refractivity contribution in [2.45, 2.75) is 19.8 Å². The van der Waals surface area contributed by atoms with E-state index in [4.69, 9.17) is 14.7 Å². The van der Waals surface area contributed by atoms with Gasteiger partial charge in [-0.15, -0.1) is 0 Å². The molecule has 96 valence electrons. The van der Waals surface area contributed by atoms with Crippen LogP contribution in [0.5, 0.6) is 5.75 Å². The third-order valence-corrected chi connectivity index (χ3v) is 2.82. The second-order valence-corrected chi connectivity index (χ2v) is 4.31. The van der Waals surface area contributed by atoms with Crippen LogP contribution in [0, 0.1) is 17.2 Å². The molecule has 0 aromatic heterocycles. The van der Waals surface area contributed by atoms with Gasteiger partial charge in [0, 0.05) is 5.56 Å². The lowest BCUT2D eigenvalue weighted by atomic mass is 9.87. The van der Waals surface area contributed by atoms with Crippen molar-refractivity contribution in [3.63, 3.8) is 0 Å². The maximum Gasteiger partial charge on any atom is 0.313 e. The van der Waals surface area contributed by atoms with Crippen LogP contribution in [0.1, 0.15) is 30.9 Å². The summed E-state index contributed by atoms with van der Waals surface area (Å²) >= 11 is 0. The summed E-state index contributed by atoms with van der Waals surface area (Å²) in [5.74, 6) is -0.102. The first-order chi connectivity index (χ1) is 8.54. The molecule has 0 bridgehead atoms. The maximum absolute atomic E-state index is 11.9. The fourth-order valence-corrected chi connectivity index (χ4v) is 1.93. The van der Waals surface area contributed by atoms with Gasteiger partial charge in [-0.1, -0.05) is 13.8 Å². The summed E-state index contributed by atoms with van der Waals surface area (Å²) in [5, 5.41) is 8.93. The van der Waals surface area contributed by atoms with E-state index in [0.717, 1.165) is 0 Å². The Balaban J connectivity index is 3.34. The Kier molecular flexibility index (Phi) is 4.73. The quantitative estimate of drug-likeness (QED) is 0.767. The number of hydrogen-bond acceptors (Lipinski definition) is 4. The number of ether oxygens (including phenoxy) is 2. The normalized spacial score (nSPS) is 11.8. The van der Waals surface area contributed by atoms with Crippen LogP contribution in [0.4, 0.5) is 0 Å². The Labute approximate surface area is 107 Å². The van der Waals surface area contributed by atoms with Gasteiger partial charge >= 0.3 is 5.97 Å². The zero-order valence-electron chi connectivity index (χ0n) is 11.1. The Morgan fingerprint density at radius 2 is 2.00 bits per heavy atom. The Morgan fingerprint density at radius 1 is 1.33 bits per heavy atom. The summed E-state index contributed by atoms with van der Waals surface area (Å²) in [7, 11) is 2.90. The average molecular weight is 247 g/mol. The molecule has 0 aliphatic carbocycles. The van der Waals surface area contributed by atoms with Gasteiger partial charge in [-0.25, -0.2) is 0 Å². The molecule has 0 fully saturated rings. The number of carbonyl (C=O) groups is 1. The number of rotatable bonds is 4. The lowest BCUT2D eigenvalue weighted by Crippen LogP contribution is -2.20. The van der Waals surface area contributed by atoms with Gasteiger partial charge in [-0.3, -0.25) is 4.79 Å². The lowest BCUT2D eigenvalue weighted by molar-refractivity contribution is -0.143. The van der Waals surface area contributed by atoms with Crippen LogP contribution in [0.3, 0.4) is 0 Å². The van der Waals surface area contributed by atoms with E-state index in [2.05, 4.69) is 6.07 Å². The van der Waals surface area contributed by atoms with Crippen molar-refractivity contribution in [3.8, 4) is 11.8 Å². The summed E-state index contributed by atoms with van der Waals surface area (Å²) in [4.78, 5) is 11.9. The smallest absolute Gasteiger partial charge is 0.313 e. The van der Waals surface area contributed by atoms with Gasteiger partial charge in [0.2, 0.25) is 0 Å². The van der Waals surface area contributed by atoms with E-state index in [-0.39, 0.29) is 11.9 Å². The van der Waals surface area contributed by atoms with Crippen molar-refractivity contribution < 1.29 is 14.3 Å². The summed E-state index contributed by atoms with van der Waals surface area (Å²) in [6.45, 7) is 3.86. The first kappa shape index (κ1) is 14.0. The molecule has 1 unspecified atom stereocenters. The molecule has 0 radical (unpaired) electrons. The summed E-state index contributed by atoms with van der Waals surface area (Å²) in [6.07, 6.45) is 0. The number of nitriles is 1. The number of esters is 1. The minimum Gasteiger partial charge on any atom is -0.496 e. The number of hydrogen-bond donors (Lipinski definition) is 0. The molecule has 0 N–H and O–H groups in total. The second kappa shape index (κ2) is 6.06. The van der Waals surface area contributed by atoms with E-state index >= 15 is 0 Å². The molecule has 0 amide bonds. The Bertz CT molecular complexity index is 474. The van der Waals surface area contributed by atoms with Crippen LogP contribution in [0.25, 0.3) is 0 Å². The third-order valence-electron chi connectivity index (χ3n) is 2.82. The topological polar surface area (TPSA) is 59.3 Å². The average Bonchev–Trinajstić information content (AvgIpc) is 2.38. The highest BCUT2D eigenvalue weighted by atomic mass is 16.5. The van der Waals surface area contributed by atoms with Gasteiger partial charge in [0.1, 0.15) is 5.75 Å². The standard InChI is InChI=1S/C14H17NO3/c1-9(2)13(14(16)18-4)11-7-10(8-15)5-6-12(11)17-3/h5-7,9,13H,1-4H3. The van der Waals surface area contributed by atoms with E-state index in [0.29, 0.717) is 16.9 Å². The first-order valence-corrected chi connectivity index (χ1v) is 5.71. The van der Waals surface area contributed by atoms with Gasteiger partial charge in [-0.05, 0) is 24.1 Å². The minimum absolute atomic E-state index is 0.0558. The fraction of sp³-hybridized carbons (Fsp3) is 0.429. The lowest BCUT2D eigenvalue weighted by Gasteiger charge is -2.21. The van der Waals surface area contributed by atoms with Crippen molar-refractivity contribution in [1.82, 2.24) is 0 Å². The van der Waals surface area contributed by atoms with E-state index in [1.165, 1.54) is 7.11 Å². The van der Waals surface area contributed by atoms with E-state index in [1.54, 1.807) is 25.3 Å². The molecule has 1 atom stereocenters. The number of benzene rings is 1. The van der Waals surface area contributed by atoms with E-state index in [9.17, 15) is 4.79 Å². The third kappa shape index (κ3) is 2.80. The predicted molar refractivity (Wildman–Crippen MR) is 67.3 cm³/mol. The van der Waals surface area contributed by atoms with Crippen LogP contribution in [-0.4, -0.2) is 20.2 Å². The van der Waals surface area contributed by atoms with Crippen molar-refractivity contribution >= 4 is 5.97 Å². The van der Waals surface area contributed by atoms with Crippen molar-refractivity contribution in [2.75, 3.05) is 14.2 Å². The molecule has 0 saturated carbocycles. The second-order valence-electron chi connectivity index (χ2n) is 4.31. The predicted octanol–water partition coefficient (Wildman–Crippen LogP) is 2.48. The molecule has 0 aliphatic heterocycles. The van der Waals surface area contributed by atoms with Crippen LogP contribution < -0.4 is 4.74 Å². The highest BCUT2D eigenvalue weighted by Crippen LogP contribution is 2.33. The molecule has 0 aliphatic rings. The van der Waals surface area contributed by atoms with Crippen LogP contribution >= 0.6 is 0 Å². The van der Waals surface area contributed by atoms with E-state index in [1.807, 2.05) is 13.8 Å². The fourth-order valence-electron chi connectivity index (χ4n) is 1.93. The molecule has 1 aromatic carbocycles. The molecule has 1 rings (SSSR count). The molecule has 0 spiro atoms. The van der Waals surface area contributed by atoms with Crippen LogP contribution in [-0.2, 0) is 9.53 Å². The Morgan fingerprint density at radius 3 is 2.44 bits per heavy atom. The van der Waals surface area contributed by atoms with Crippen LogP contribution in [0.2, 0.25) is 0 Å². The van der Waals surface area contributed by atoms with Crippen molar-refractivity contribution in [3.05, 3.63) is 29.3 Å². The summed E-state index contributed by atoms with van der Waals surface area (Å²) < 4.78 is 10.1. The molecular weight excluding hydrogens is 230 g/mol. The highest BCUT2D eigenvalue weighted by Gasteiger charge is 2.28. The molecule has 0 heterocycles. The van der Waals surface area contributed by atoms with Crippen molar-refractivity contribution in [2.24, 2.45) is 5.92 Å². The molecule has 4 nitrogen and oxygen atoms in total. The molecular formula is C14H17NO3. The zero-order valence-corrected chi connectivity index (χ0v) is 11.1. The first-order valence-electron chi connectivity index (χ1n) is 5.71. The molecule has 0 saturated heterocycles. The van der Waals surface area contributed by atoms with E-state index < -0.39 is 5.92 Å².